The van der Waals surface area contributed by atoms with Crippen LogP contribution in [0.25, 0.3) is 11.0 Å². The molecule has 0 saturated heterocycles. The number of hydrogen-bond acceptors (Lipinski definition) is 4. The zero-order valence-corrected chi connectivity index (χ0v) is 13.9. The molecule has 8 heteroatoms. The molecule has 0 spiro atoms. The summed E-state index contributed by atoms with van der Waals surface area (Å²) >= 11 is 0. The van der Waals surface area contributed by atoms with E-state index in [-0.39, 0.29) is 5.56 Å². The normalized spacial score (nSPS) is 10.7. The first-order valence-electron chi connectivity index (χ1n) is 7.54. The van der Waals surface area contributed by atoms with Crippen molar-refractivity contribution < 1.29 is 14.0 Å². The fourth-order valence-corrected chi connectivity index (χ4v) is 2.64. The molecule has 25 heavy (non-hydrogen) atoms. The summed E-state index contributed by atoms with van der Waals surface area (Å²) in [5, 5.41) is 4.87. The second-order valence-corrected chi connectivity index (χ2v) is 5.61. The molecular weight excluding hydrogens is 325 g/mol. The molecule has 0 bridgehead atoms. The Morgan fingerprint density at radius 1 is 1.08 bits per heavy atom. The number of rotatable bonds is 2. The zero-order chi connectivity index (χ0) is 18.1. The van der Waals surface area contributed by atoms with Gasteiger partial charge in [0, 0.05) is 12.7 Å². The van der Waals surface area contributed by atoms with Crippen molar-refractivity contribution >= 4 is 22.8 Å². The van der Waals surface area contributed by atoms with Gasteiger partial charge in [-0.3, -0.25) is 25.1 Å². The van der Waals surface area contributed by atoms with Crippen molar-refractivity contribution in [3.05, 3.63) is 58.7 Å². The van der Waals surface area contributed by atoms with Crippen molar-refractivity contribution in [3.63, 3.8) is 0 Å². The van der Waals surface area contributed by atoms with Crippen LogP contribution in [0, 0.1) is 19.7 Å². The van der Waals surface area contributed by atoms with Crippen molar-refractivity contribution in [2.75, 3.05) is 0 Å². The van der Waals surface area contributed by atoms with Crippen LogP contribution in [0.1, 0.15) is 32.1 Å². The van der Waals surface area contributed by atoms with Gasteiger partial charge in [0.1, 0.15) is 5.82 Å². The maximum Gasteiger partial charge on any atom is 0.272 e. The monoisotopic (exact) mass is 341 g/mol. The molecule has 2 heterocycles. The van der Waals surface area contributed by atoms with Crippen LogP contribution >= 0.6 is 0 Å². The zero-order valence-electron chi connectivity index (χ0n) is 13.9. The maximum absolute atomic E-state index is 13.6. The Morgan fingerprint density at radius 3 is 2.40 bits per heavy atom. The number of hydrogen-bond donors (Lipinski definition) is 2. The molecule has 3 rings (SSSR count). The van der Waals surface area contributed by atoms with Crippen LogP contribution in [0.3, 0.4) is 0 Å². The summed E-state index contributed by atoms with van der Waals surface area (Å²) < 4.78 is 15.2. The van der Waals surface area contributed by atoms with E-state index in [1.807, 2.05) is 0 Å². The molecule has 0 saturated carbocycles. The average molecular weight is 341 g/mol. The smallest absolute Gasteiger partial charge is 0.267 e. The number of halogens is 1. The molecule has 1 aromatic carbocycles. The van der Waals surface area contributed by atoms with Crippen LogP contribution in [-0.4, -0.2) is 26.6 Å². The predicted molar refractivity (Wildman–Crippen MR) is 89.3 cm³/mol. The van der Waals surface area contributed by atoms with E-state index in [1.54, 1.807) is 31.6 Å². The summed E-state index contributed by atoms with van der Waals surface area (Å²) in [6, 6.07) is 7.13. The summed E-state index contributed by atoms with van der Waals surface area (Å²) in [5.74, 6) is -1.94. The number of benzene rings is 1. The molecule has 0 unspecified atom stereocenters. The van der Waals surface area contributed by atoms with Crippen molar-refractivity contribution in [2.45, 2.75) is 13.8 Å². The number of fused-ring (bicyclic) bond motifs is 1. The van der Waals surface area contributed by atoms with E-state index in [1.165, 1.54) is 24.3 Å². The third kappa shape index (κ3) is 3.06. The Bertz CT molecular complexity index is 996. The molecule has 0 fully saturated rings. The minimum Gasteiger partial charge on any atom is -0.267 e. The van der Waals surface area contributed by atoms with Crippen LogP contribution in [-0.2, 0) is 7.05 Å². The number of nitrogens with one attached hydrogen (secondary N) is 2. The van der Waals surface area contributed by atoms with E-state index in [0.29, 0.717) is 28.0 Å². The molecule has 0 radical (unpaired) electrons. The van der Waals surface area contributed by atoms with Crippen molar-refractivity contribution in [1.82, 2.24) is 25.6 Å². The third-order valence-electron chi connectivity index (χ3n) is 3.75. The first kappa shape index (κ1) is 16.6. The SMILES string of the molecule is Cc1cc(C(=O)NNC(=O)c2ccccc2F)c2c(C)nn(C)c2n1. The first-order valence-corrected chi connectivity index (χ1v) is 7.54. The molecule has 2 N–H and O–H groups in total. The predicted octanol–water partition coefficient (Wildman–Crippen LogP) is 1.80. The summed E-state index contributed by atoms with van der Waals surface area (Å²) in [4.78, 5) is 28.9. The number of aryl methyl sites for hydroxylation is 3. The Morgan fingerprint density at radius 2 is 1.72 bits per heavy atom. The lowest BCUT2D eigenvalue weighted by Crippen LogP contribution is -2.42. The largest absolute Gasteiger partial charge is 0.272 e. The van der Waals surface area contributed by atoms with E-state index in [0.717, 1.165) is 0 Å². The van der Waals surface area contributed by atoms with E-state index in [2.05, 4.69) is 20.9 Å². The highest BCUT2D eigenvalue weighted by atomic mass is 19.1. The minimum absolute atomic E-state index is 0.156. The van der Waals surface area contributed by atoms with Crippen molar-refractivity contribution in [1.29, 1.82) is 0 Å². The highest BCUT2D eigenvalue weighted by Crippen LogP contribution is 2.21. The Kier molecular flexibility index (Phi) is 4.18. The van der Waals surface area contributed by atoms with Gasteiger partial charge in [-0.1, -0.05) is 12.1 Å². The van der Waals surface area contributed by atoms with Crippen molar-refractivity contribution in [3.8, 4) is 0 Å². The molecule has 0 aliphatic heterocycles. The lowest BCUT2D eigenvalue weighted by Gasteiger charge is -2.09. The summed E-state index contributed by atoms with van der Waals surface area (Å²) in [7, 11) is 1.74. The number of amides is 2. The summed E-state index contributed by atoms with van der Waals surface area (Å²) in [5.41, 5.74) is 6.57. The Labute approximate surface area is 142 Å². The van der Waals surface area contributed by atoms with E-state index >= 15 is 0 Å². The van der Waals surface area contributed by atoms with E-state index in [4.69, 9.17) is 0 Å². The van der Waals surface area contributed by atoms with Crippen LogP contribution < -0.4 is 10.9 Å². The number of carbonyl (C=O) groups is 2. The lowest BCUT2D eigenvalue weighted by molar-refractivity contribution is 0.0845. The topological polar surface area (TPSA) is 88.9 Å². The molecule has 7 nitrogen and oxygen atoms in total. The van der Waals surface area contributed by atoms with Crippen LogP contribution in [0.15, 0.2) is 30.3 Å². The fourth-order valence-electron chi connectivity index (χ4n) is 2.64. The Hall–Kier alpha value is -3.29. The van der Waals surface area contributed by atoms with Crippen LogP contribution in [0.4, 0.5) is 4.39 Å². The standard InChI is InChI=1S/C17H16FN5O2/c1-9-8-12(14-10(2)22-23(3)15(14)19-9)17(25)21-20-16(24)11-6-4-5-7-13(11)18/h4-8H,1-3H3,(H,20,24)(H,21,25). The van der Waals surface area contributed by atoms with E-state index in [9.17, 15) is 14.0 Å². The average Bonchev–Trinajstić information content (AvgIpc) is 2.86. The molecule has 0 atom stereocenters. The van der Waals surface area contributed by atoms with Gasteiger partial charge in [-0.25, -0.2) is 9.37 Å². The molecule has 2 amide bonds. The van der Waals surface area contributed by atoms with Gasteiger partial charge in [0.2, 0.25) is 0 Å². The number of carbonyl (C=O) groups excluding carboxylic acids is 2. The summed E-state index contributed by atoms with van der Waals surface area (Å²) in [6.45, 7) is 3.53. The highest BCUT2D eigenvalue weighted by Gasteiger charge is 2.19. The number of hydrazine groups is 1. The van der Waals surface area contributed by atoms with Gasteiger partial charge in [-0.05, 0) is 32.0 Å². The van der Waals surface area contributed by atoms with Crippen LogP contribution in [0.5, 0.6) is 0 Å². The molecule has 128 valence electrons. The quantitative estimate of drug-likeness (QED) is 0.696. The van der Waals surface area contributed by atoms with E-state index < -0.39 is 17.6 Å². The number of pyridine rings is 1. The summed E-state index contributed by atoms with van der Waals surface area (Å²) in [6.07, 6.45) is 0. The third-order valence-corrected chi connectivity index (χ3v) is 3.75. The second kappa shape index (κ2) is 6.31. The van der Waals surface area contributed by atoms with Gasteiger partial charge in [0.15, 0.2) is 5.65 Å². The van der Waals surface area contributed by atoms with Gasteiger partial charge >= 0.3 is 0 Å². The minimum atomic E-state index is -0.739. The van der Waals surface area contributed by atoms with Gasteiger partial charge in [0.25, 0.3) is 11.8 Å². The number of nitrogens with zero attached hydrogens (tertiary/aromatic N) is 3. The maximum atomic E-state index is 13.6. The molecular formula is C17H16FN5O2. The first-order chi connectivity index (χ1) is 11.9. The number of aromatic nitrogens is 3. The van der Waals surface area contributed by atoms with Gasteiger partial charge < -0.3 is 0 Å². The molecule has 0 aliphatic carbocycles. The van der Waals surface area contributed by atoms with Gasteiger partial charge in [0.05, 0.1) is 22.2 Å². The molecule has 2 aromatic heterocycles. The van der Waals surface area contributed by atoms with Gasteiger partial charge in [-0.15, -0.1) is 0 Å². The van der Waals surface area contributed by atoms with Crippen molar-refractivity contribution in [2.24, 2.45) is 7.05 Å². The van der Waals surface area contributed by atoms with Crippen LogP contribution in [0.2, 0.25) is 0 Å². The Balaban J connectivity index is 1.86. The molecule has 0 aliphatic rings. The highest BCUT2D eigenvalue weighted by molar-refractivity contribution is 6.07. The second-order valence-electron chi connectivity index (χ2n) is 5.61. The fraction of sp³-hybridized carbons (Fsp3) is 0.176. The molecule has 3 aromatic rings. The lowest BCUT2D eigenvalue weighted by atomic mass is 10.1. The van der Waals surface area contributed by atoms with Gasteiger partial charge in [-0.2, -0.15) is 5.10 Å².